The average Bonchev–Trinajstić information content (AvgIpc) is 2.53. The molecule has 1 aromatic rings. The van der Waals surface area contributed by atoms with Gasteiger partial charge in [-0.05, 0) is 31.6 Å². The van der Waals surface area contributed by atoms with Crippen molar-refractivity contribution in [2.75, 3.05) is 7.11 Å². The lowest BCUT2D eigenvalue weighted by Crippen LogP contribution is -2.28. The summed E-state index contributed by atoms with van der Waals surface area (Å²) in [5, 5.41) is 0.111. The Morgan fingerprint density at radius 2 is 1.57 bits per heavy atom. The van der Waals surface area contributed by atoms with E-state index in [1.165, 1.54) is 0 Å². The van der Waals surface area contributed by atoms with Crippen LogP contribution in [0.1, 0.15) is 46.4 Å². The number of rotatable bonds is 2. The molecule has 0 N–H and O–H groups in total. The number of fused-ring (bicyclic) bond motifs is 1. The van der Waals surface area contributed by atoms with E-state index in [1.54, 1.807) is 31.4 Å². The second kappa shape index (κ2) is 5.74. The molecule has 3 nitrogen and oxygen atoms in total. The fourth-order valence-corrected chi connectivity index (χ4v) is 3.66. The summed E-state index contributed by atoms with van der Waals surface area (Å²) in [6.07, 6.45) is 3.73. The van der Waals surface area contributed by atoms with Crippen LogP contribution in [0.15, 0.2) is 34.9 Å². The fourth-order valence-electron chi connectivity index (χ4n) is 3.32. The summed E-state index contributed by atoms with van der Waals surface area (Å²) < 4.78 is 5.36. The first-order valence-corrected chi connectivity index (χ1v) is 7.62. The average molecular weight is 305 g/mol. The van der Waals surface area contributed by atoms with Crippen LogP contribution >= 0.6 is 11.6 Å². The van der Waals surface area contributed by atoms with E-state index in [2.05, 4.69) is 0 Å². The van der Waals surface area contributed by atoms with E-state index in [0.717, 1.165) is 25.7 Å². The maximum absolute atomic E-state index is 12.7. The highest BCUT2D eigenvalue weighted by Crippen LogP contribution is 2.39. The predicted octanol–water partition coefficient (Wildman–Crippen LogP) is 3.76. The molecule has 0 radical (unpaired) electrons. The standard InChI is InChI=1S/C17H17ClO3/c1-21-11-8-6-10(7-9-11)14-15(18)17(20)13-5-3-2-4-12(13)16(14)19/h2-5,10-11H,6-9H2,1H3. The molecule has 0 amide bonds. The quantitative estimate of drug-likeness (QED) is 0.835. The van der Waals surface area contributed by atoms with Gasteiger partial charge in [-0.2, -0.15) is 0 Å². The number of halogens is 1. The second-order valence-electron chi connectivity index (χ2n) is 5.64. The van der Waals surface area contributed by atoms with Crippen LogP contribution in [0.4, 0.5) is 0 Å². The lowest BCUT2D eigenvalue weighted by atomic mass is 9.76. The molecule has 2 aliphatic rings. The summed E-state index contributed by atoms with van der Waals surface area (Å²) in [6, 6.07) is 6.90. The van der Waals surface area contributed by atoms with E-state index in [9.17, 15) is 9.59 Å². The lowest BCUT2D eigenvalue weighted by molar-refractivity contribution is 0.0600. The molecule has 0 atom stereocenters. The van der Waals surface area contributed by atoms with Crippen molar-refractivity contribution in [3.05, 3.63) is 46.0 Å². The van der Waals surface area contributed by atoms with Gasteiger partial charge in [-0.15, -0.1) is 0 Å². The molecule has 110 valence electrons. The minimum atomic E-state index is -0.226. The molecule has 3 rings (SSSR count). The lowest BCUT2D eigenvalue weighted by Gasteiger charge is -2.30. The minimum Gasteiger partial charge on any atom is -0.381 e. The number of hydrogen-bond donors (Lipinski definition) is 0. The highest BCUT2D eigenvalue weighted by molar-refractivity contribution is 6.50. The maximum atomic E-state index is 12.7. The number of carbonyl (C=O) groups is 2. The van der Waals surface area contributed by atoms with Crippen molar-refractivity contribution >= 4 is 23.2 Å². The van der Waals surface area contributed by atoms with Crippen LogP contribution in [-0.2, 0) is 4.74 Å². The van der Waals surface area contributed by atoms with Crippen LogP contribution < -0.4 is 0 Å². The minimum absolute atomic E-state index is 0.0636. The van der Waals surface area contributed by atoms with Gasteiger partial charge >= 0.3 is 0 Å². The fraction of sp³-hybridized carbons (Fsp3) is 0.412. The second-order valence-corrected chi connectivity index (χ2v) is 6.02. The van der Waals surface area contributed by atoms with Gasteiger partial charge in [-0.25, -0.2) is 0 Å². The van der Waals surface area contributed by atoms with Gasteiger partial charge < -0.3 is 4.74 Å². The summed E-state index contributed by atoms with van der Waals surface area (Å²) >= 11 is 6.24. The number of methoxy groups -OCH3 is 1. The van der Waals surface area contributed by atoms with Gasteiger partial charge in [0.15, 0.2) is 5.78 Å². The molecule has 0 spiro atoms. The van der Waals surface area contributed by atoms with E-state index >= 15 is 0 Å². The number of benzene rings is 1. The Morgan fingerprint density at radius 3 is 2.14 bits per heavy atom. The third-order valence-electron chi connectivity index (χ3n) is 4.51. The predicted molar refractivity (Wildman–Crippen MR) is 80.7 cm³/mol. The van der Waals surface area contributed by atoms with Crippen LogP contribution in [0.25, 0.3) is 0 Å². The number of ketones is 2. The summed E-state index contributed by atoms with van der Waals surface area (Å²) in [4.78, 5) is 25.1. The van der Waals surface area contributed by atoms with Gasteiger partial charge in [0, 0.05) is 23.8 Å². The molecule has 0 bridgehead atoms. The molecule has 0 heterocycles. The van der Waals surface area contributed by atoms with Crippen molar-refractivity contribution in [1.29, 1.82) is 0 Å². The Hall–Kier alpha value is -1.45. The molecule has 1 saturated carbocycles. The number of ether oxygens (including phenoxy) is 1. The molecule has 1 fully saturated rings. The largest absolute Gasteiger partial charge is 0.381 e. The zero-order valence-corrected chi connectivity index (χ0v) is 12.7. The van der Waals surface area contributed by atoms with Gasteiger partial charge in [0.05, 0.1) is 11.1 Å². The highest BCUT2D eigenvalue weighted by atomic mass is 35.5. The Labute approximate surface area is 128 Å². The van der Waals surface area contributed by atoms with Gasteiger partial charge in [0.2, 0.25) is 5.78 Å². The van der Waals surface area contributed by atoms with E-state index < -0.39 is 0 Å². The zero-order valence-electron chi connectivity index (χ0n) is 11.9. The van der Waals surface area contributed by atoms with Crippen LogP contribution in [-0.4, -0.2) is 24.8 Å². The van der Waals surface area contributed by atoms with Crippen molar-refractivity contribution in [3.63, 3.8) is 0 Å². The monoisotopic (exact) mass is 304 g/mol. The molecular formula is C17H17ClO3. The molecule has 2 aliphatic carbocycles. The molecule has 0 saturated heterocycles. The Morgan fingerprint density at radius 1 is 1.00 bits per heavy atom. The van der Waals surface area contributed by atoms with Gasteiger partial charge in [-0.3, -0.25) is 9.59 Å². The number of Topliss-reactive ketones (excluding diaryl/α,β-unsaturated/α-hetero) is 2. The number of carbonyl (C=O) groups excluding carboxylic acids is 2. The first-order valence-electron chi connectivity index (χ1n) is 7.24. The molecule has 0 unspecified atom stereocenters. The van der Waals surface area contributed by atoms with Crippen molar-refractivity contribution < 1.29 is 14.3 Å². The van der Waals surface area contributed by atoms with E-state index in [-0.39, 0.29) is 28.6 Å². The molecule has 0 aromatic heterocycles. The Bertz CT molecular complexity index is 625. The maximum Gasteiger partial charge on any atom is 0.205 e. The SMILES string of the molecule is COC1CCC(C2=C(Cl)C(=O)c3ccccc3C2=O)CC1. The van der Waals surface area contributed by atoms with Crippen LogP contribution in [0.5, 0.6) is 0 Å². The molecule has 1 aromatic carbocycles. The van der Waals surface area contributed by atoms with Crippen LogP contribution in [0, 0.1) is 5.92 Å². The van der Waals surface area contributed by atoms with E-state index in [0.29, 0.717) is 16.7 Å². The smallest absolute Gasteiger partial charge is 0.205 e. The van der Waals surface area contributed by atoms with Gasteiger partial charge in [-0.1, -0.05) is 35.9 Å². The normalized spacial score (nSPS) is 26.0. The Balaban J connectivity index is 1.94. The third-order valence-corrected chi connectivity index (χ3v) is 4.89. The zero-order chi connectivity index (χ0) is 15.0. The van der Waals surface area contributed by atoms with Crippen molar-refractivity contribution in [2.45, 2.75) is 31.8 Å². The summed E-state index contributed by atoms with van der Waals surface area (Å²) in [6.45, 7) is 0. The van der Waals surface area contributed by atoms with Gasteiger partial charge in [0.25, 0.3) is 0 Å². The van der Waals surface area contributed by atoms with Crippen LogP contribution in [0.3, 0.4) is 0 Å². The molecule has 0 aliphatic heterocycles. The van der Waals surface area contributed by atoms with Crippen LogP contribution in [0.2, 0.25) is 0 Å². The summed E-state index contributed by atoms with van der Waals surface area (Å²) in [5.41, 5.74) is 1.41. The first-order chi connectivity index (χ1) is 10.1. The van der Waals surface area contributed by atoms with Crippen molar-refractivity contribution in [1.82, 2.24) is 0 Å². The molecule has 4 heteroatoms. The van der Waals surface area contributed by atoms with Crippen molar-refractivity contribution in [2.24, 2.45) is 5.92 Å². The van der Waals surface area contributed by atoms with E-state index in [1.807, 2.05) is 0 Å². The van der Waals surface area contributed by atoms with Gasteiger partial charge in [0.1, 0.15) is 0 Å². The summed E-state index contributed by atoms with van der Waals surface area (Å²) in [7, 11) is 1.71. The molecular weight excluding hydrogens is 288 g/mol. The number of allylic oxidation sites excluding steroid dienone is 2. The third kappa shape index (κ3) is 2.45. The van der Waals surface area contributed by atoms with Crippen molar-refractivity contribution in [3.8, 4) is 0 Å². The topological polar surface area (TPSA) is 43.4 Å². The molecule has 21 heavy (non-hydrogen) atoms. The van der Waals surface area contributed by atoms with E-state index in [4.69, 9.17) is 16.3 Å². The highest BCUT2D eigenvalue weighted by Gasteiger charge is 2.36. The Kier molecular flexibility index (Phi) is 3.96. The summed E-state index contributed by atoms with van der Waals surface area (Å²) in [5.74, 6) is -0.250. The first kappa shape index (κ1) is 14.5. The number of hydrogen-bond acceptors (Lipinski definition) is 3.